The molecule has 1 nitrogen and oxygen atoms in total. The standard InChI is InChI=1S/C16H32N/c1-4-7-9-10-11-12-14-16(6-3)17-15-13-8-5-2/h11-12,16H,4-10,13-15H2,1-3H3. The van der Waals surface area contributed by atoms with Crippen molar-refractivity contribution >= 4 is 0 Å². The molecule has 0 saturated carbocycles. The number of allylic oxidation sites excluding steroid dienone is 1. The highest BCUT2D eigenvalue weighted by Gasteiger charge is 2.03. The van der Waals surface area contributed by atoms with Crippen LogP contribution in [0.5, 0.6) is 0 Å². The molecule has 0 aliphatic heterocycles. The van der Waals surface area contributed by atoms with Gasteiger partial charge in [0.15, 0.2) is 0 Å². The lowest BCUT2D eigenvalue weighted by Gasteiger charge is -2.12. The molecule has 1 radical (unpaired) electrons. The van der Waals surface area contributed by atoms with Gasteiger partial charge in [-0.25, -0.2) is 5.32 Å². The van der Waals surface area contributed by atoms with Gasteiger partial charge in [-0.2, -0.15) is 0 Å². The topological polar surface area (TPSA) is 14.1 Å². The summed E-state index contributed by atoms with van der Waals surface area (Å²) in [6, 6.07) is 0.564. The normalized spacial score (nSPS) is 13.4. The van der Waals surface area contributed by atoms with E-state index < -0.39 is 0 Å². The van der Waals surface area contributed by atoms with Gasteiger partial charge < -0.3 is 0 Å². The fraction of sp³-hybridized carbons (Fsp3) is 0.875. The third-order valence-electron chi connectivity index (χ3n) is 3.17. The molecule has 0 saturated heterocycles. The number of hydrogen-bond donors (Lipinski definition) is 0. The zero-order chi connectivity index (χ0) is 12.8. The summed E-state index contributed by atoms with van der Waals surface area (Å²) in [4.78, 5) is 0. The fourth-order valence-electron chi connectivity index (χ4n) is 1.89. The van der Waals surface area contributed by atoms with Crippen LogP contribution in [0.1, 0.15) is 78.6 Å². The van der Waals surface area contributed by atoms with Crippen molar-refractivity contribution in [2.75, 3.05) is 6.54 Å². The average molecular weight is 238 g/mol. The van der Waals surface area contributed by atoms with Crippen molar-refractivity contribution in [2.24, 2.45) is 0 Å². The highest BCUT2D eigenvalue weighted by Crippen LogP contribution is 2.05. The minimum atomic E-state index is 0.564. The summed E-state index contributed by atoms with van der Waals surface area (Å²) in [5.74, 6) is 0. The minimum absolute atomic E-state index is 0.564. The van der Waals surface area contributed by atoms with Gasteiger partial charge in [0.1, 0.15) is 0 Å². The molecule has 0 spiro atoms. The van der Waals surface area contributed by atoms with Crippen LogP contribution in [0.15, 0.2) is 12.2 Å². The Morgan fingerprint density at radius 3 is 2.24 bits per heavy atom. The van der Waals surface area contributed by atoms with Crippen LogP contribution in [-0.4, -0.2) is 12.6 Å². The molecule has 1 unspecified atom stereocenters. The summed E-state index contributed by atoms with van der Waals surface area (Å²) in [6.07, 6.45) is 16.2. The molecule has 17 heavy (non-hydrogen) atoms. The number of rotatable bonds is 12. The molecule has 0 aromatic rings. The Bertz CT molecular complexity index is 163. The maximum atomic E-state index is 4.76. The Morgan fingerprint density at radius 1 is 0.882 bits per heavy atom. The van der Waals surface area contributed by atoms with Crippen LogP contribution in [0.4, 0.5) is 0 Å². The SMILES string of the molecule is CCCCCC=CCC(CC)[N]CCCCC. The van der Waals surface area contributed by atoms with Crippen molar-refractivity contribution in [3.63, 3.8) is 0 Å². The second-order valence-corrected chi connectivity index (χ2v) is 4.88. The first kappa shape index (κ1) is 16.7. The van der Waals surface area contributed by atoms with E-state index in [1.165, 1.54) is 51.4 Å². The zero-order valence-corrected chi connectivity index (χ0v) is 12.3. The Hall–Kier alpha value is -0.300. The van der Waals surface area contributed by atoms with Crippen LogP contribution < -0.4 is 5.32 Å². The van der Waals surface area contributed by atoms with Crippen molar-refractivity contribution in [3.05, 3.63) is 12.2 Å². The molecule has 0 rings (SSSR count). The van der Waals surface area contributed by atoms with E-state index in [1.807, 2.05) is 0 Å². The van der Waals surface area contributed by atoms with E-state index in [4.69, 9.17) is 5.32 Å². The first-order chi connectivity index (χ1) is 8.35. The number of nitrogens with zero attached hydrogens (tertiary/aromatic N) is 1. The molecule has 0 N–H and O–H groups in total. The molecule has 1 heteroatoms. The highest BCUT2D eigenvalue weighted by molar-refractivity contribution is 4.85. The lowest BCUT2D eigenvalue weighted by atomic mass is 10.1. The smallest absolute Gasteiger partial charge is 0.0277 e. The van der Waals surface area contributed by atoms with Gasteiger partial charge in [-0.1, -0.05) is 58.6 Å². The van der Waals surface area contributed by atoms with E-state index in [0.29, 0.717) is 6.04 Å². The lowest BCUT2D eigenvalue weighted by Crippen LogP contribution is -2.21. The van der Waals surface area contributed by atoms with Gasteiger partial charge in [0, 0.05) is 12.6 Å². The summed E-state index contributed by atoms with van der Waals surface area (Å²) in [7, 11) is 0. The van der Waals surface area contributed by atoms with Gasteiger partial charge in [-0.15, -0.1) is 0 Å². The van der Waals surface area contributed by atoms with Gasteiger partial charge in [0.05, 0.1) is 0 Å². The Kier molecular flexibility index (Phi) is 13.5. The van der Waals surface area contributed by atoms with Crippen molar-refractivity contribution in [3.8, 4) is 0 Å². The summed E-state index contributed by atoms with van der Waals surface area (Å²) in [5, 5.41) is 4.76. The van der Waals surface area contributed by atoms with E-state index in [2.05, 4.69) is 32.9 Å². The van der Waals surface area contributed by atoms with Gasteiger partial charge in [0.2, 0.25) is 0 Å². The Morgan fingerprint density at radius 2 is 1.59 bits per heavy atom. The van der Waals surface area contributed by atoms with E-state index in [1.54, 1.807) is 0 Å². The second kappa shape index (κ2) is 13.8. The monoisotopic (exact) mass is 238 g/mol. The maximum absolute atomic E-state index is 4.76. The predicted octanol–water partition coefficient (Wildman–Crippen LogP) is 5.09. The quantitative estimate of drug-likeness (QED) is 0.332. The van der Waals surface area contributed by atoms with Crippen LogP contribution in [0, 0.1) is 0 Å². The first-order valence-corrected chi connectivity index (χ1v) is 7.66. The fourth-order valence-corrected chi connectivity index (χ4v) is 1.89. The number of unbranched alkanes of at least 4 members (excludes halogenated alkanes) is 5. The average Bonchev–Trinajstić information content (AvgIpc) is 2.36. The van der Waals surface area contributed by atoms with E-state index in [0.717, 1.165) is 13.0 Å². The van der Waals surface area contributed by atoms with E-state index >= 15 is 0 Å². The first-order valence-electron chi connectivity index (χ1n) is 7.66. The van der Waals surface area contributed by atoms with Crippen LogP contribution >= 0.6 is 0 Å². The van der Waals surface area contributed by atoms with E-state index in [9.17, 15) is 0 Å². The Balaban J connectivity index is 3.45. The molecule has 0 aliphatic rings. The third-order valence-corrected chi connectivity index (χ3v) is 3.17. The van der Waals surface area contributed by atoms with Crippen molar-refractivity contribution in [1.82, 2.24) is 5.32 Å². The molecular weight excluding hydrogens is 206 g/mol. The summed E-state index contributed by atoms with van der Waals surface area (Å²) in [6.45, 7) is 7.82. The summed E-state index contributed by atoms with van der Waals surface area (Å²) in [5.41, 5.74) is 0. The summed E-state index contributed by atoms with van der Waals surface area (Å²) >= 11 is 0. The van der Waals surface area contributed by atoms with Crippen molar-refractivity contribution in [1.29, 1.82) is 0 Å². The molecule has 0 heterocycles. The molecule has 0 fully saturated rings. The molecule has 0 aliphatic carbocycles. The molecule has 0 amide bonds. The minimum Gasteiger partial charge on any atom is -0.238 e. The molecule has 0 aromatic heterocycles. The van der Waals surface area contributed by atoms with Crippen LogP contribution in [-0.2, 0) is 0 Å². The second-order valence-electron chi connectivity index (χ2n) is 4.88. The summed E-state index contributed by atoms with van der Waals surface area (Å²) < 4.78 is 0. The van der Waals surface area contributed by atoms with Gasteiger partial charge in [-0.3, -0.25) is 0 Å². The van der Waals surface area contributed by atoms with Gasteiger partial charge in [-0.05, 0) is 32.1 Å². The molecular formula is C16H32N. The predicted molar refractivity (Wildman–Crippen MR) is 78.5 cm³/mol. The largest absolute Gasteiger partial charge is 0.238 e. The molecule has 1 atom stereocenters. The zero-order valence-electron chi connectivity index (χ0n) is 12.3. The van der Waals surface area contributed by atoms with Crippen molar-refractivity contribution < 1.29 is 0 Å². The lowest BCUT2D eigenvalue weighted by molar-refractivity contribution is 0.477. The van der Waals surface area contributed by atoms with Gasteiger partial charge >= 0.3 is 0 Å². The van der Waals surface area contributed by atoms with Crippen LogP contribution in [0.2, 0.25) is 0 Å². The molecule has 0 aromatic carbocycles. The molecule has 0 bridgehead atoms. The van der Waals surface area contributed by atoms with Crippen LogP contribution in [0.3, 0.4) is 0 Å². The van der Waals surface area contributed by atoms with Crippen molar-refractivity contribution in [2.45, 2.75) is 84.6 Å². The van der Waals surface area contributed by atoms with Crippen LogP contribution in [0.25, 0.3) is 0 Å². The molecule has 101 valence electrons. The number of hydrogen-bond acceptors (Lipinski definition) is 0. The van der Waals surface area contributed by atoms with Gasteiger partial charge in [0.25, 0.3) is 0 Å². The maximum Gasteiger partial charge on any atom is 0.0277 e. The third kappa shape index (κ3) is 12.0. The van der Waals surface area contributed by atoms with E-state index in [-0.39, 0.29) is 0 Å². The highest BCUT2D eigenvalue weighted by atomic mass is 14.9. The Labute approximate surface area is 109 Å².